The largest absolute Gasteiger partial charge is 0.456 e. The van der Waals surface area contributed by atoms with Crippen molar-refractivity contribution in [3.63, 3.8) is 0 Å². The predicted octanol–water partition coefficient (Wildman–Crippen LogP) is 4.55. The third-order valence-electron chi connectivity index (χ3n) is 3.64. The minimum absolute atomic E-state index is 0.115. The van der Waals surface area contributed by atoms with Crippen molar-refractivity contribution >= 4 is 11.0 Å². The van der Waals surface area contributed by atoms with Crippen molar-refractivity contribution in [2.24, 2.45) is 0 Å². The summed E-state index contributed by atoms with van der Waals surface area (Å²) in [6, 6.07) is 12.5. The van der Waals surface area contributed by atoms with Crippen LogP contribution in [0.4, 0.5) is 4.39 Å². The van der Waals surface area contributed by atoms with Gasteiger partial charge in [0.15, 0.2) is 0 Å². The Morgan fingerprint density at radius 3 is 2.83 bits per heavy atom. The van der Waals surface area contributed by atoms with E-state index in [9.17, 15) is 9.18 Å². The summed E-state index contributed by atoms with van der Waals surface area (Å²) >= 11 is 0. The molecule has 0 N–H and O–H groups in total. The number of ether oxygens (including phenoxy) is 1. The minimum Gasteiger partial charge on any atom is -0.456 e. The highest BCUT2D eigenvalue weighted by Crippen LogP contribution is 2.29. The van der Waals surface area contributed by atoms with Gasteiger partial charge >= 0.3 is 5.63 Å². The first kappa shape index (κ1) is 15.8. The van der Waals surface area contributed by atoms with Crippen LogP contribution in [0.15, 0.2) is 51.7 Å². The molecule has 0 fully saturated rings. The topological polar surface area (TPSA) is 63.2 Å². The lowest BCUT2D eigenvalue weighted by atomic mass is 10.1. The minimum atomic E-state index is -0.646. The van der Waals surface area contributed by atoms with Crippen molar-refractivity contribution in [1.29, 1.82) is 5.26 Å². The fraction of sp³-hybridized carbons (Fsp3) is 0.158. The fourth-order valence-electron chi connectivity index (χ4n) is 2.57. The predicted molar refractivity (Wildman–Crippen MR) is 87.7 cm³/mol. The Morgan fingerprint density at radius 1 is 1.25 bits per heavy atom. The normalized spacial score (nSPS) is 10.5. The molecule has 1 heterocycles. The summed E-state index contributed by atoms with van der Waals surface area (Å²) in [7, 11) is 0. The molecule has 3 rings (SSSR count). The van der Waals surface area contributed by atoms with E-state index in [4.69, 9.17) is 14.4 Å². The number of fused-ring (bicyclic) bond motifs is 1. The van der Waals surface area contributed by atoms with Gasteiger partial charge in [0.05, 0.1) is 0 Å². The first-order chi connectivity index (χ1) is 11.6. The Hall–Kier alpha value is -3.13. The zero-order chi connectivity index (χ0) is 17.1. The van der Waals surface area contributed by atoms with Crippen LogP contribution >= 0.6 is 0 Å². The smallest absolute Gasteiger partial charge is 0.336 e. The molecule has 0 amide bonds. The van der Waals surface area contributed by atoms with E-state index in [1.807, 2.05) is 6.92 Å². The van der Waals surface area contributed by atoms with Gasteiger partial charge in [-0.05, 0) is 36.2 Å². The summed E-state index contributed by atoms with van der Waals surface area (Å²) in [5, 5.41) is 9.89. The number of hydrogen-bond acceptors (Lipinski definition) is 4. The van der Waals surface area contributed by atoms with Crippen LogP contribution in [0.5, 0.6) is 11.5 Å². The van der Waals surface area contributed by atoms with Gasteiger partial charge in [-0.15, -0.1) is 0 Å². The van der Waals surface area contributed by atoms with Gasteiger partial charge < -0.3 is 9.15 Å². The third kappa shape index (κ3) is 2.99. The van der Waals surface area contributed by atoms with E-state index in [1.165, 1.54) is 24.3 Å². The van der Waals surface area contributed by atoms with Crippen molar-refractivity contribution < 1.29 is 13.5 Å². The van der Waals surface area contributed by atoms with Crippen LogP contribution in [0.25, 0.3) is 11.0 Å². The monoisotopic (exact) mass is 323 g/mol. The average molecular weight is 323 g/mol. The molecular formula is C19H14FNO3. The number of nitrogens with zero attached hydrogens (tertiary/aromatic N) is 1. The van der Waals surface area contributed by atoms with Gasteiger partial charge in [0, 0.05) is 17.5 Å². The molecule has 2 aromatic carbocycles. The van der Waals surface area contributed by atoms with E-state index < -0.39 is 11.4 Å². The van der Waals surface area contributed by atoms with Crippen LogP contribution < -0.4 is 10.4 Å². The lowest BCUT2D eigenvalue weighted by Crippen LogP contribution is -2.00. The molecule has 120 valence electrons. The van der Waals surface area contributed by atoms with E-state index in [0.29, 0.717) is 11.3 Å². The van der Waals surface area contributed by atoms with Gasteiger partial charge in [0.1, 0.15) is 34.5 Å². The maximum atomic E-state index is 13.6. The molecule has 0 saturated heterocycles. The summed E-state index contributed by atoms with van der Waals surface area (Å²) < 4.78 is 24.5. The number of aryl methyl sites for hydroxylation is 1. The van der Waals surface area contributed by atoms with Crippen molar-refractivity contribution in [3.05, 3.63) is 69.8 Å². The molecule has 0 aliphatic rings. The standard InChI is InChI=1S/C19H14FNO3/c1-2-4-12-9-19(22)24-18-10-13(7-8-14(12)18)23-17-6-3-5-16(20)15(17)11-21/h3,5-10H,2,4H2,1H3. The van der Waals surface area contributed by atoms with Crippen molar-refractivity contribution in [1.82, 2.24) is 0 Å². The van der Waals surface area contributed by atoms with Crippen LogP contribution in [0, 0.1) is 17.1 Å². The van der Waals surface area contributed by atoms with Crippen LogP contribution in [-0.4, -0.2) is 0 Å². The zero-order valence-electron chi connectivity index (χ0n) is 13.0. The fourth-order valence-corrected chi connectivity index (χ4v) is 2.57. The molecule has 0 unspecified atom stereocenters. The molecule has 1 aromatic heterocycles. The second-order valence-corrected chi connectivity index (χ2v) is 5.33. The number of rotatable bonds is 4. The molecule has 0 radical (unpaired) electrons. The summed E-state index contributed by atoms with van der Waals surface area (Å²) in [4.78, 5) is 11.7. The molecule has 3 aromatic rings. The van der Waals surface area contributed by atoms with Gasteiger partial charge in [-0.2, -0.15) is 5.26 Å². The molecule has 0 spiro atoms. The average Bonchev–Trinajstić information content (AvgIpc) is 2.55. The molecule has 0 aliphatic heterocycles. The van der Waals surface area contributed by atoms with Crippen LogP contribution in [-0.2, 0) is 6.42 Å². The third-order valence-corrected chi connectivity index (χ3v) is 3.64. The SMILES string of the molecule is CCCc1cc(=O)oc2cc(Oc3cccc(F)c3C#N)ccc12. The molecule has 5 heteroatoms. The highest BCUT2D eigenvalue weighted by molar-refractivity contribution is 5.81. The van der Waals surface area contributed by atoms with E-state index in [1.54, 1.807) is 24.3 Å². The molecular weight excluding hydrogens is 309 g/mol. The van der Waals surface area contributed by atoms with Crippen molar-refractivity contribution in [3.8, 4) is 17.6 Å². The maximum absolute atomic E-state index is 13.6. The molecule has 24 heavy (non-hydrogen) atoms. The lowest BCUT2D eigenvalue weighted by Gasteiger charge is -2.09. The van der Waals surface area contributed by atoms with Crippen molar-refractivity contribution in [2.45, 2.75) is 19.8 Å². The van der Waals surface area contributed by atoms with E-state index in [0.717, 1.165) is 23.8 Å². The molecule has 0 aliphatic carbocycles. The summed E-state index contributed by atoms with van der Waals surface area (Å²) in [5.41, 5.74) is 0.725. The van der Waals surface area contributed by atoms with Gasteiger partial charge in [-0.1, -0.05) is 19.4 Å². The highest BCUT2D eigenvalue weighted by atomic mass is 19.1. The van der Waals surface area contributed by atoms with Gasteiger partial charge in [0.25, 0.3) is 0 Å². The Labute approximate surface area is 137 Å². The Morgan fingerprint density at radius 2 is 2.08 bits per heavy atom. The quantitative estimate of drug-likeness (QED) is 0.661. The molecule has 0 atom stereocenters. The van der Waals surface area contributed by atoms with Crippen molar-refractivity contribution in [2.75, 3.05) is 0 Å². The first-order valence-corrected chi connectivity index (χ1v) is 7.55. The number of nitriles is 1. The Kier molecular flexibility index (Phi) is 4.30. The highest BCUT2D eigenvalue weighted by Gasteiger charge is 2.11. The zero-order valence-corrected chi connectivity index (χ0v) is 13.0. The lowest BCUT2D eigenvalue weighted by molar-refractivity contribution is 0.472. The molecule has 4 nitrogen and oxygen atoms in total. The molecule has 0 bridgehead atoms. The van der Waals surface area contributed by atoms with Crippen LogP contribution in [0.1, 0.15) is 24.5 Å². The van der Waals surface area contributed by atoms with Gasteiger partial charge in [-0.3, -0.25) is 0 Å². The maximum Gasteiger partial charge on any atom is 0.336 e. The summed E-state index contributed by atoms with van der Waals surface area (Å²) in [5.74, 6) is -0.169. The second kappa shape index (κ2) is 6.55. The van der Waals surface area contributed by atoms with E-state index in [-0.39, 0.29) is 11.3 Å². The summed E-state index contributed by atoms with van der Waals surface area (Å²) in [6.45, 7) is 2.03. The Balaban J connectivity index is 2.05. The van der Waals surface area contributed by atoms with Crippen LogP contribution in [0.2, 0.25) is 0 Å². The summed E-state index contributed by atoms with van der Waals surface area (Å²) in [6.07, 6.45) is 1.68. The first-order valence-electron chi connectivity index (χ1n) is 7.55. The van der Waals surface area contributed by atoms with E-state index in [2.05, 4.69) is 0 Å². The van der Waals surface area contributed by atoms with Gasteiger partial charge in [0.2, 0.25) is 0 Å². The molecule has 0 saturated carbocycles. The van der Waals surface area contributed by atoms with E-state index >= 15 is 0 Å². The second-order valence-electron chi connectivity index (χ2n) is 5.33. The number of hydrogen-bond donors (Lipinski definition) is 0. The van der Waals surface area contributed by atoms with Gasteiger partial charge in [-0.25, -0.2) is 9.18 Å². The number of benzene rings is 2. The van der Waals surface area contributed by atoms with Crippen LogP contribution in [0.3, 0.4) is 0 Å². The number of halogens is 1. The Bertz CT molecular complexity index is 1000.